The van der Waals surface area contributed by atoms with Crippen LogP contribution >= 0.6 is 0 Å². The summed E-state index contributed by atoms with van der Waals surface area (Å²) < 4.78 is 5.63. The second-order valence-corrected chi connectivity index (χ2v) is 5.96. The van der Waals surface area contributed by atoms with Gasteiger partial charge in [0.1, 0.15) is 6.61 Å². The average Bonchev–Trinajstić information content (AvgIpc) is 2.72. The molecule has 0 saturated heterocycles. The van der Waals surface area contributed by atoms with Crippen LogP contribution in [0.2, 0.25) is 0 Å². The van der Waals surface area contributed by atoms with Gasteiger partial charge >= 0.3 is 5.69 Å². The number of aliphatic hydroxyl groups is 1. The molecule has 6 nitrogen and oxygen atoms in total. The van der Waals surface area contributed by atoms with Crippen molar-refractivity contribution in [2.75, 3.05) is 0 Å². The van der Waals surface area contributed by atoms with Crippen LogP contribution in [0.15, 0.2) is 78.9 Å². The number of hydrogen-bond acceptors (Lipinski definition) is 5. The maximum atomic E-state index is 11.7. The van der Waals surface area contributed by atoms with Crippen molar-refractivity contribution >= 4 is 12.0 Å². The number of aldehydes is 1. The Balaban J connectivity index is 2.00. The number of carbonyl (C=O) groups is 1. The Morgan fingerprint density at radius 2 is 1.59 bits per heavy atom. The van der Waals surface area contributed by atoms with Crippen molar-refractivity contribution in [3.05, 3.63) is 106 Å². The van der Waals surface area contributed by atoms with Crippen LogP contribution in [-0.2, 0) is 17.0 Å². The predicted octanol–water partition coefficient (Wildman–Crippen LogP) is 3.61. The summed E-state index contributed by atoms with van der Waals surface area (Å²) in [7, 11) is 0. The minimum atomic E-state index is -1.93. The minimum Gasteiger partial charge on any atom is -0.482 e. The first-order valence-electron chi connectivity index (χ1n) is 8.24. The van der Waals surface area contributed by atoms with E-state index in [0.29, 0.717) is 11.8 Å². The molecule has 0 radical (unpaired) electrons. The standard InChI is InChI=1S/C21H17NO5/c23-15-21(24,17-9-5-2-6-10-17)18-11-12-19(22(25)26)20(13-18)27-14-16-7-3-1-4-8-16/h1-13,15,24H,14H2. The Labute approximate surface area is 155 Å². The van der Waals surface area contributed by atoms with Crippen LogP contribution in [0.4, 0.5) is 5.69 Å². The van der Waals surface area contributed by atoms with E-state index < -0.39 is 10.5 Å². The van der Waals surface area contributed by atoms with E-state index in [1.165, 1.54) is 18.2 Å². The largest absolute Gasteiger partial charge is 0.482 e. The van der Waals surface area contributed by atoms with Crippen LogP contribution in [0.5, 0.6) is 5.75 Å². The summed E-state index contributed by atoms with van der Waals surface area (Å²) in [5.74, 6) is -0.0161. The molecule has 1 atom stereocenters. The van der Waals surface area contributed by atoms with Crippen molar-refractivity contribution < 1.29 is 19.6 Å². The molecule has 1 N–H and O–H groups in total. The van der Waals surface area contributed by atoms with Crippen molar-refractivity contribution in [3.63, 3.8) is 0 Å². The van der Waals surface area contributed by atoms with E-state index in [4.69, 9.17) is 4.74 Å². The van der Waals surface area contributed by atoms with Crippen LogP contribution in [0.25, 0.3) is 0 Å². The molecule has 6 heteroatoms. The van der Waals surface area contributed by atoms with Gasteiger partial charge in [0.15, 0.2) is 17.6 Å². The second kappa shape index (κ2) is 7.80. The third kappa shape index (κ3) is 3.86. The van der Waals surface area contributed by atoms with Gasteiger partial charge in [0.05, 0.1) is 4.92 Å². The van der Waals surface area contributed by atoms with E-state index in [-0.39, 0.29) is 23.6 Å². The number of ether oxygens (including phenoxy) is 1. The monoisotopic (exact) mass is 363 g/mol. The number of hydrogen-bond donors (Lipinski definition) is 1. The SMILES string of the molecule is O=CC(O)(c1ccccc1)c1ccc([N+](=O)[O-])c(OCc2ccccc2)c1. The summed E-state index contributed by atoms with van der Waals surface area (Å²) in [6.07, 6.45) is 0.407. The van der Waals surface area contributed by atoms with Crippen molar-refractivity contribution in [1.29, 1.82) is 0 Å². The van der Waals surface area contributed by atoms with Gasteiger partial charge in [-0.2, -0.15) is 0 Å². The first-order valence-corrected chi connectivity index (χ1v) is 8.24. The number of nitro benzene ring substituents is 1. The Bertz CT molecular complexity index is 943. The van der Waals surface area contributed by atoms with Crippen LogP contribution in [0.3, 0.4) is 0 Å². The van der Waals surface area contributed by atoms with Crippen molar-refractivity contribution in [3.8, 4) is 5.75 Å². The highest BCUT2D eigenvalue weighted by atomic mass is 16.6. The zero-order valence-corrected chi connectivity index (χ0v) is 14.3. The predicted molar refractivity (Wildman–Crippen MR) is 99.4 cm³/mol. The van der Waals surface area contributed by atoms with Gasteiger partial charge in [0.2, 0.25) is 0 Å². The topological polar surface area (TPSA) is 89.7 Å². The maximum absolute atomic E-state index is 11.7. The third-order valence-electron chi connectivity index (χ3n) is 4.22. The fourth-order valence-corrected chi connectivity index (χ4v) is 2.75. The van der Waals surface area contributed by atoms with Gasteiger partial charge in [-0.05, 0) is 28.8 Å². The number of benzene rings is 3. The molecule has 0 spiro atoms. The fraction of sp³-hybridized carbons (Fsp3) is 0.0952. The Hall–Kier alpha value is -3.51. The molecule has 0 bridgehead atoms. The maximum Gasteiger partial charge on any atom is 0.310 e. The molecule has 0 fully saturated rings. The molecule has 0 heterocycles. The van der Waals surface area contributed by atoms with E-state index in [2.05, 4.69) is 0 Å². The lowest BCUT2D eigenvalue weighted by atomic mass is 9.87. The normalized spacial score (nSPS) is 12.8. The van der Waals surface area contributed by atoms with Gasteiger partial charge in [-0.1, -0.05) is 60.7 Å². The molecule has 3 rings (SSSR count). The van der Waals surface area contributed by atoms with E-state index in [9.17, 15) is 20.0 Å². The number of rotatable bonds is 7. The lowest BCUT2D eigenvalue weighted by molar-refractivity contribution is -0.386. The number of nitro groups is 1. The van der Waals surface area contributed by atoms with E-state index in [0.717, 1.165) is 5.56 Å². The number of nitrogens with zero attached hydrogens (tertiary/aromatic N) is 1. The summed E-state index contributed by atoms with van der Waals surface area (Å²) in [4.78, 5) is 22.5. The molecular weight excluding hydrogens is 346 g/mol. The third-order valence-corrected chi connectivity index (χ3v) is 4.22. The fourth-order valence-electron chi connectivity index (χ4n) is 2.75. The zero-order valence-electron chi connectivity index (χ0n) is 14.3. The van der Waals surface area contributed by atoms with Crippen LogP contribution < -0.4 is 4.74 Å². The highest BCUT2D eigenvalue weighted by Crippen LogP contribution is 2.35. The van der Waals surface area contributed by atoms with Crippen molar-refractivity contribution in [2.24, 2.45) is 0 Å². The van der Waals surface area contributed by atoms with Gasteiger partial charge in [-0.3, -0.25) is 14.9 Å². The molecule has 0 saturated carbocycles. The molecule has 27 heavy (non-hydrogen) atoms. The molecule has 0 aliphatic heterocycles. The van der Waals surface area contributed by atoms with Crippen LogP contribution in [0.1, 0.15) is 16.7 Å². The summed E-state index contributed by atoms with van der Waals surface area (Å²) in [5, 5.41) is 22.2. The molecule has 3 aromatic rings. The Morgan fingerprint density at radius 1 is 0.963 bits per heavy atom. The zero-order chi connectivity index (χ0) is 19.3. The first-order chi connectivity index (χ1) is 13.0. The van der Waals surface area contributed by atoms with Gasteiger partial charge in [0, 0.05) is 6.07 Å². The smallest absolute Gasteiger partial charge is 0.310 e. The molecule has 136 valence electrons. The molecule has 0 aliphatic rings. The van der Waals surface area contributed by atoms with Gasteiger partial charge < -0.3 is 9.84 Å². The molecule has 0 amide bonds. The summed E-state index contributed by atoms with van der Waals surface area (Å²) in [6, 6.07) is 21.5. The number of carbonyl (C=O) groups excluding carboxylic acids is 1. The quantitative estimate of drug-likeness (QED) is 0.393. The Kier molecular flexibility index (Phi) is 5.28. The van der Waals surface area contributed by atoms with Crippen LogP contribution in [-0.4, -0.2) is 16.3 Å². The lowest BCUT2D eigenvalue weighted by Gasteiger charge is -2.23. The average molecular weight is 363 g/mol. The second-order valence-electron chi connectivity index (χ2n) is 5.96. The molecule has 0 aromatic heterocycles. The first kappa shape index (κ1) is 18.3. The van der Waals surface area contributed by atoms with Crippen LogP contribution in [0, 0.1) is 10.1 Å². The molecule has 0 aliphatic carbocycles. The van der Waals surface area contributed by atoms with Gasteiger partial charge in [-0.15, -0.1) is 0 Å². The van der Waals surface area contributed by atoms with Crippen molar-refractivity contribution in [1.82, 2.24) is 0 Å². The van der Waals surface area contributed by atoms with E-state index >= 15 is 0 Å². The molecule has 3 aromatic carbocycles. The summed E-state index contributed by atoms with van der Waals surface area (Å²) in [5.41, 5.74) is -0.775. The van der Waals surface area contributed by atoms with E-state index in [1.54, 1.807) is 30.3 Å². The molecule has 1 unspecified atom stereocenters. The molecular formula is C21H17NO5. The van der Waals surface area contributed by atoms with Gasteiger partial charge in [-0.25, -0.2) is 0 Å². The van der Waals surface area contributed by atoms with E-state index in [1.807, 2.05) is 30.3 Å². The van der Waals surface area contributed by atoms with Gasteiger partial charge in [0.25, 0.3) is 0 Å². The Morgan fingerprint density at radius 3 is 2.19 bits per heavy atom. The lowest BCUT2D eigenvalue weighted by Crippen LogP contribution is -2.29. The highest BCUT2D eigenvalue weighted by molar-refractivity contribution is 5.73. The van der Waals surface area contributed by atoms with Crippen molar-refractivity contribution in [2.45, 2.75) is 12.2 Å². The minimum absolute atomic E-state index is 0.0161. The summed E-state index contributed by atoms with van der Waals surface area (Å²) in [6.45, 7) is 0.121. The highest BCUT2D eigenvalue weighted by Gasteiger charge is 2.33. The summed E-state index contributed by atoms with van der Waals surface area (Å²) >= 11 is 0.